The lowest BCUT2D eigenvalue weighted by Crippen LogP contribution is -2.21. The number of aromatic nitrogens is 3. The Kier molecular flexibility index (Phi) is 6.38. The lowest BCUT2D eigenvalue weighted by molar-refractivity contribution is -0.141. The third-order valence-corrected chi connectivity index (χ3v) is 6.27. The van der Waals surface area contributed by atoms with Gasteiger partial charge < -0.3 is 4.74 Å². The molecule has 0 saturated heterocycles. The Balaban J connectivity index is 1.30. The summed E-state index contributed by atoms with van der Waals surface area (Å²) in [6, 6.07) is 20.8. The van der Waals surface area contributed by atoms with Crippen LogP contribution in [0.2, 0.25) is 5.02 Å². The molecule has 2 aromatic heterocycles. The van der Waals surface area contributed by atoms with Crippen LogP contribution >= 0.6 is 22.9 Å². The van der Waals surface area contributed by atoms with Crippen molar-refractivity contribution in [2.45, 2.75) is 6.18 Å². The second kappa shape index (κ2) is 9.63. The maximum absolute atomic E-state index is 13.3. The molecule has 0 aliphatic heterocycles. The maximum atomic E-state index is 13.3. The fourth-order valence-electron chi connectivity index (χ4n) is 3.51. The highest BCUT2D eigenvalue weighted by molar-refractivity contribution is 7.14. The lowest BCUT2D eigenvalue weighted by atomic mass is 10.1. The standard InChI is InChI=1S/C25H16ClF3N4O2S/c26-18-7-3-4-8-20(18)33-23(12-21(32-33)25(27,28)29)35-13-22(34)31-24-30-19(14-36-24)17-10-9-15-5-1-2-6-16(15)11-17/h1-12,14H,13H2,(H,30,31,34). The lowest BCUT2D eigenvalue weighted by Gasteiger charge is -2.10. The molecule has 5 aromatic rings. The summed E-state index contributed by atoms with van der Waals surface area (Å²) in [5.41, 5.74) is 0.599. The number of para-hydroxylation sites is 1. The largest absolute Gasteiger partial charge is 0.467 e. The van der Waals surface area contributed by atoms with E-state index in [1.165, 1.54) is 23.5 Å². The summed E-state index contributed by atoms with van der Waals surface area (Å²) < 4.78 is 46.1. The molecule has 0 radical (unpaired) electrons. The molecule has 0 bridgehead atoms. The van der Waals surface area contributed by atoms with E-state index in [0.29, 0.717) is 10.8 Å². The number of rotatable bonds is 6. The molecule has 5 rings (SSSR count). The predicted molar refractivity (Wildman–Crippen MR) is 133 cm³/mol. The molecular formula is C25H16ClF3N4O2S. The Morgan fingerprint density at radius 2 is 1.78 bits per heavy atom. The van der Waals surface area contributed by atoms with Gasteiger partial charge in [0, 0.05) is 17.0 Å². The van der Waals surface area contributed by atoms with Crippen LogP contribution in [0.4, 0.5) is 18.3 Å². The predicted octanol–water partition coefficient (Wildman–Crippen LogP) is 6.84. The summed E-state index contributed by atoms with van der Waals surface area (Å²) in [6.45, 7) is -0.557. The Morgan fingerprint density at radius 1 is 1.03 bits per heavy atom. The van der Waals surface area contributed by atoms with Crippen LogP contribution in [0.15, 0.2) is 78.2 Å². The van der Waals surface area contributed by atoms with E-state index in [0.717, 1.165) is 27.1 Å². The summed E-state index contributed by atoms with van der Waals surface area (Å²) >= 11 is 7.35. The zero-order valence-electron chi connectivity index (χ0n) is 18.3. The molecule has 6 nitrogen and oxygen atoms in total. The molecule has 11 heteroatoms. The Bertz CT molecular complexity index is 1560. The van der Waals surface area contributed by atoms with Gasteiger partial charge in [-0.2, -0.15) is 23.0 Å². The van der Waals surface area contributed by atoms with Gasteiger partial charge in [0.25, 0.3) is 5.91 Å². The van der Waals surface area contributed by atoms with Crippen molar-refractivity contribution < 1.29 is 22.7 Å². The van der Waals surface area contributed by atoms with E-state index in [4.69, 9.17) is 16.3 Å². The molecule has 0 spiro atoms. The topological polar surface area (TPSA) is 69.0 Å². The average Bonchev–Trinajstić information content (AvgIpc) is 3.50. The minimum absolute atomic E-state index is 0.174. The second-order valence-electron chi connectivity index (χ2n) is 7.67. The number of amides is 1. The van der Waals surface area contributed by atoms with Crippen LogP contribution in [0.5, 0.6) is 5.88 Å². The number of nitrogens with zero attached hydrogens (tertiary/aromatic N) is 3. The first-order valence-electron chi connectivity index (χ1n) is 10.6. The number of hydrogen-bond acceptors (Lipinski definition) is 5. The average molecular weight is 529 g/mol. The van der Waals surface area contributed by atoms with Crippen molar-refractivity contribution in [1.29, 1.82) is 0 Å². The van der Waals surface area contributed by atoms with E-state index in [-0.39, 0.29) is 16.6 Å². The number of ether oxygens (including phenoxy) is 1. The highest BCUT2D eigenvalue weighted by atomic mass is 35.5. The van der Waals surface area contributed by atoms with Crippen LogP contribution in [0, 0.1) is 0 Å². The molecule has 0 unspecified atom stereocenters. The zero-order chi connectivity index (χ0) is 25.3. The molecule has 0 fully saturated rings. The maximum Gasteiger partial charge on any atom is 0.435 e. The smallest absolute Gasteiger partial charge is 0.435 e. The molecule has 1 N–H and O–H groups in total. The molecule has 36 heavy (non-hydrogen) atoms. The normalized spacial score (nSPS) is 11.6. The molecule has 0 atom stereocenters. The highest BCUT2D eigenvalue weighted by Crippen LogP contribution is 2.34. The van der Waals surface area contributed by atoms with Gasteiger partial charge in [0.2, 0.25) is 5.88 Å². The van der Waals surface area contributed by atoms with E-state index in [1.807, 2.05) is 47.8 Å². The Labute approximate surface area is 211 Å². The van der Waals surface area contributed by atoms with Gasteiger partial charge >= 0.3 is 6.18 Å². The van der Waals surface area contributed by atoms with Gasteiger partial charge in [-0.1, -0.05) is 60.1 Å². The third kappa shape index (κ3) is 5.05. The Morgan fingerprint density at radius 3 is 2.56 bits per heavy atom. The first-order valence-corrected chi connectivity index (χ1v) is 11.8. The number of hydrogen-bond donors (Lipinski definition) is 1. The summed E-state index contributed by atoms with van der Waals surface area (Å²) in [5, 5.41) is 10.7. The van der Waals surface area contributed by atoms with Crippen LogP contribution in [0.3, 0.4) is 0 Å². The number of carbonyl (C=O) groups is 1. The molecule has 0 aliphatic rings. The highest BCUT2D eigenvalue weighted by Gasteiger charge is 2.36. The number of fused-ring (bicyclic) bond motifs is 1. The van der Waals surface area contributed by atoms with Crippen molar-refractivity contribution in [3.05, 3.63) is 88.9 Å². The molecule has 0 aliphatic carbocycles. The van der Waals surface area contributed by atoms with Gasteiger partial charge in [0.1, 0.15) is 0 Å². The minimum Gasteiger partial charge on any atom is -0.467 e. The van der Waals surface area contributed by atoms with Gasteiger partial charge in [0.05, 0.1) is 16.4 Å². The number of thiazole rings is 1. The van der Waals surface area contributed by atoms with Gasteiger partial charge in [-0.05, 0) is 29.0 Å². The quantitative estimate of drug-likeness (QED) is 0.262. The summed E-state index contributed by atoms with van der Waals surface area (Å²) in [6.07, 6.45) is -4.70. The first kappa shape index (κ1) is 23.8. The molecule has 3 aromatic carbocycles. The van der Waals surface area contributed by atoms with Crippen molar-refractivity contribution in [1.82, 2.24) is 14.8 Å². The van der Waals surface area contributed by atoms with Crippen molar-refractivity contribution in [3.63, 3.8) is 0 Å². The zero-order valence-corrected chi connectivity index (χ0v) is 19.9. The molecule has 2 heterocycles. The summed E-state index contributed by atoms with van der Waals surface area (Å²) in [5.74, 6) is -0.864. The fraction of sp³-hybridized carbons (Fsp3) is 0.0800. The van der Waals surface area contributed by atoms with Gasteiger partial charge in [0.15, 0.2) is 17.4 Å². The van der Waals surface area contributed by atoms with Crippen LogP contribution in [-0.4, -0.2) is 27.3 Å². The van der Waals surface area contributed by atoms with E-state index in [9.17, 15) is 18.0 Å². The van der Waals surface area contributed by atoms with E-state index in [1.54, 1.807) is 12.1 Å². The number of nitrogens with one attached hydrogen (secondary N) is 1. The van der Waals surface area contributed by atoms with E-state index in [2.05, 4.69) is 15.4 Å². The Hall–Kier alpha value is -3.89. The first-order chi connectivity index (χ1) is 17.3. The number of anilines is 1. The number of alkyl halides is 3. The van der Waals surface area contributed by atoms with E-state index < -0.39 is 24.4 Å². The monoisotopic (exact) mass is 528 g/mol. The van der Waals surface area contributed by atoms with Crippen LogP contribution in [-0.2, 0) is 11.0 Å². The van der Waals surface area contributed by atoms with Gasteiger partial charge in [-0.15, -0.1) is 11.3 Å². The van der Waals surface area contributed by atoms with Crippen molar-refractivity contribution in [2.75, 3.05) is 11.9 Å². The summed E-state index contributed by atoms with van der Waals surface area (Å²) in [7, 11) is 0. The van der Waals surface area contributed by atoms with Crippen molar-refractivity contribution in [3.8, 4) is 22.8 Å². The number of halogens is 4. The van der Waals surface area contributed by atoms with Crippen LogP contribution < -0.4 is 10.1 Å². The van der Waals surface area contributed by atoms with Crippen molar-refractivity contribution in [2.24, 2.45) is 0 Å². The van der Waals surface area contributed by atoms with Crippen LogP contribution in [0.1, 0.15) is 5.69 Å². The van der Waals surface area contributed by atoms with Crippen molar-refractivity contribution >= 4 is 44.7 Å². The third-order valence-electron chi connectivity index (χ3n) is 5.19. The number of carbonyl (C=O) groups excluding carboxylic acids is 1. The van der Waals surface area contributed by atoms with Crippen LogP contribution in [0.25, 0.3) is 27.7 Å². The SMILES string of the molecule is O=C(COc1cc(C(F)(F)F)nn1-c1ccccc1Cl)Nc1nc(-c2ccc3ccccc3c2)cs1. The molecule has 0 saturated carbocycles. The molecular weight excluding hydrogens is 513 g/mol. The minimum atomic E-state index is -4.70. The fourth-order valence-corrected chi connectivity index (χ4v) is 4.46. The summed E-state index contributed by atoms with van der Waals surface area (Å²) in [4.78, 5) is 16.9. The number of benzene rings is 3. The van der Waals surface area contributed by atoms with E-state index >= 15 is 0 Å². The second-order valence-corrected chi connectivity index (χ2v) is 8.93. The van der Waals surface area contributed by atoms with Gasteiger partial charge in [-0.25, -0.2) is 4.98 Å². The molecule has 1 amide bonds. The molecule has 182 valence electrons. The van der Waals surface area contributed by atoms with Gasteiger partial charge in [-0.3, -0.25) is 10.1 Å².